The summed E-state index contributed by atoms with van der Waals surface area (Å²) in [6, 6.07) is 0.568. The third kappa shape index (κ3) is 3.63. The molecule has 0 bridgehead atoms. The maximum atomic E-state index is 13.4. The van der Waals surface area contributed by atoms with Crippen molar-refractivity contribution in [2.24, 2.45) is 0 Å². The lowest BCUT2D eigenvalue weighted by Gasteiger charge is -2.12. The van der Waals surface area contributed by atoms with Crippen LogP contribution in [0.3, 0.4) is 0 Å². The molecule has 0 aliphatic carbocycles. The summed E-state index contributed by atoms with van der Waals surface area (Å²) in [5, 5.41) is 16.9. The van der Waals surface area contributed by atoms with Gasteiger partial charge in [-0.25, -0.2) is 22.3 Å². The Kier molecular flexibility index (Phi) is 4.86. The van der Waals surface area contributed by atoms with E-state index in [1.807, 2.05) is 0 Å². The first-order valence-corrected chi connectivity index (χ1v) is 6.90. The average Bonchev–Trinajstić information content (AvgIpc) is 2.31. The molecule has 3 N–H and O–H groups in total. The highest BCUT2D eigenvalue weighted by Crippen LogP contribution is 2.24. The number of aliphatic hydroxyl groups is 1. The standard InChI is InChI=1S/C10H11ClFNO5S/c1-5(4-14)13-19(17,18)6-2-7(10(15)16)9(11)8(12)3-6/h2-3,5,13-14H,4H2,1H3,(H,15,16)/t5-/m1/s1. The van der Waals surface area contributed by atoms with Crippen molar-refractivity contribution in [2.75, 3.05) is 6.61 Å². The summed E-state index contributed by atoms with van der Waals surface area (Å²) in [5.74, 6) is -2.70. The molecule has 106 valence electrons. The highest BCUT2D eigenvalue weighted by atomic mass is 35.5. The molecule has 0 aliphatic rings. The van der Waals surface area contributed by atoms with E-state index in [1.54, 1.807) is 0 Å². The SMILES string of the molecule is C[C@H](CO)NS(=O)(=O)c1cc(F)c(Cl)c(C(=O)O)c1. The van der Waals surface area contributed by atoms with E-state index in [-0.39, 0.29) is 0 Å². The first-order chi connectivity index (χ1) is 8.69. The van der Waals surface area contributed by atoms with Crippen LogP contribution in [-0.4, -0.2) is 37.2 Å². The van der Waals surface area contributed by atoms with Crippen molar-refractivity contribution in [2.45, 2.75) is 17.9 Å². The molecule has 0 fully saturated rings. The lowest BCUT2D eigenvalue weighted by atomic mass is 10.2. The molecule has 1 aromatic carbocycles. The molecule has 0 heterocycles. The molecule has 1 aromatic rings. The minimum absolute atomic E-state index is 0.457. The number of nitrogens with one attached hydrogen (secondary N) is 1. The number of rotatable bonds is 5. The van der Waals surface area contributed by atoms with E-state index in [1.165, 1.54) is 6.92 Å². The van der Waals surface area contributed by atoms with Crippen LogP contribution >= 0.6 is 11.6 Å². The average molecular weight is 312 g/mol. The minimum atomic E-state index is -4.14. The van der Waals surface area contributed by atoms with Crippen molar-refractivity contribution < 1.29 is 27.8 Å². The molecule has 1 atom stereocenters. The van der Waals surface area contributed by atoms with Crippen LogP contribution in [-0.2, 0) is 10.0 Å². The molecule has 0 spiro atoms. The molecule has 0 unspecified atom stereocenters. The van der Waals surface area contributed by atoms with Crippen molar-refractivity contribution in [3.63, 3.8) is 0 Å². The smallest absolute Gasteiger partial charge is 0.337 e. The zero-order valence-electron chi connectivity index (χ0n) is 9.72. The second kappa shape index (κ2) is 5.83. The number of sulfonamides is 1. The van der Waals surface area contributed by atoms with E-state index in [0.717, 1.165) is 6.07 Å². The maximum absolute atomic E-state index is 13.4. The Labute approximate surface area is 113 Å². The summed E-state index contributed by atoms with van der Waals surface area (Å²) in [4.78, 5) is 10.2. The van der Waals surface area contributed by atoms with Crippen molar-refractivity contribution >= 4 is 27.6 Å². The fourth-order valence-corrected chi connectivity index (χ4v) is 2.71. The third-order valence-electron chi connectivity index (χ3n) is 2.17. The summed E-state index contributed by atoms with van der Waals surface area (Å²) < 4.78 is 39.1. The van der Waals surface area contributed by atoms with Crippen LogP contribution in [0.25, 0.3) is 0 Å². The Bertz CT molecular complexity index is 604. The van der Waals surface area contributed by atoms with Crippen LogP contribution in [0.1, 0.15) is 17.3 Å². The number of hydrogen-bond acceptors (Lipinski definition) is 4. The fourth-order valence-electron chi connectivity index (χ4n) is 1.25. The van der Waals surface area contributed by atoms with Crippen LogP contribution < -0.4 is 4.72 Å². The number of carboxylic acids is 1. The summed E-state index contributed by atoms with van der Waals surface area (Å²) in [6.45, 7) is 0.934. The van der Waals surface area contributed by atoms with Crippen molar-refractivity contribution in [1.82, 2.24) is 4.72 Å². The highest BCUT2D eigenvalue weighted by molar-refractivity contribution is 7.89. The summed E-state index contributed by atoms with van der Waals surface area (Å²) in [5.41, 5.74) is -0.654. The predicted octanol–water partition coefficient (Wildman–Crippen LogP) is 0.836. The van der Waals surface area contributed by atoms with Gasteiger partial charge in [-0.2, -0.15) is 0 Å². The van der Waals surface area contributed by atoms with Gasteiger partial charge < -0.3 is 10.2 Å². The van der Waals surface area contributed by atoms with E-state index in [0.29, 0.717) is 6.07 Å². The van der Waals surface area contributed by atoms with Gasteiger partial charge in [-0.3, -0.25) is 0 Å². The van der Waals surface area contributed by atoms with Gasteiger partial charge >= 0.3 is 5.97 Å². The van der Waals surface area contributed by atoms with E-state index in [9.17, 15) is 17.6 Å². The van der Waals surface area contributed by atoms with Crippen LogP contribution in [0.15, 0.2) is 17.0 Å². The second-order valence-electron chi connectivity index (χ2n) is 3.78. The van der Waals surface area contributed by atoms with Crippen LogP contribution in [0.5, 0.6) is 0 Å². The molecule has 1 rings (SSSR count). The zero-order chi connectivity index (χ0) is 14.8. The zero-order valence-corrected chi connectivity index (χ0v) is 11.3. The predicted molar refractivity (Wildman–Crippen MR) is 65.2 cm³/mol. The number of halogens is 2. The number of aromatic carboxylic acids is 1. The molecule has 0 saturated heterocycles. The molecule has 0 saturated carbocycles. The number of hydrogen-bond donors (Lipinski definition) is 3. The maximum Gasteiger partial charge on any atom is 0.337 e. The lowest BCUT2D eigenvalue weighted by Crippen LogP contribution is -2.35. The van der Waals surface area contributed by atoms with Crippen LogP contribution in [0.4, 0.5) is 4.39 Å². The normalized spacial score (nSPS) is 13.3. The Morgan fingerprint density at radius 1 is 1.53 bits per heavy atom. The molecule has 6 nitrogen and oxygen atoms in total. The van der Waals surface area contributed by atoms with Gasteiger partial charge in [-0.1, -0.05) is 11.6 Å². The van der Waals surface area contributed by atoms with Crippen LogP contribution in [0.2, 0.25) is 5.02 Å². The Morgan fingerprint density at radius 3 is 2.58 bits per heavy atom. The van der Waals surface area contributed by atoms with Crippen LogP contribution in [0, 0.1) is 5.82 Å². The van der Waals surface area contributed by atoms with Crippen molar-refractivity contribution in [3.05, 3.63) is 28.5 Å². The van der Waals surface area contributed by atoms with E-state index < -0.39 is 49.9 Å². The van der Waals surface area contributed by atoms with E-state index >= 15 is 0 Å². The third-order valence-corrected chi connectivity index (χ3v) is 4.13. The Morgan fingerprint density at radius 2 is 2.11 bits per heavy atom. The molecule has 0 aromatic heterocycles. The van der Waals surface area contributed by atoms with E-state index in [2.05, 4.69) is 4.72 Å². The van der Waals surface area contributed by atoms with Gasteiger partial charge in [-0.05, 0) is 19.1 Å². The van der Waals surface area contributed by atoms with Gasteiger partial charge in [0.05, 0.1) is 22.1 Å². The number of carboxylic acid groups (broad SMARTS) is 1. The highest BCUT2D eigenvalue weighted by Gasteiger charge is 2.23. The monoisotopic (exact) mass is 311 g/mol. The molecular formula is C10H11ClFNO5S. The number of aliphatic hydroxyl groups excluding tert-OH is 1. The summed E-state index contributed by atoms with van der Waals surface area (Å²) in [7, 11) is -4.14. The van der Waals surface area contributed by atoms with Gasteiger partial charge in [0.2, 0.25) is 10.0 Å². The van der Waals surface area contributed by atoms with Crippen molar-refractivity contribution in [3.8, 4) is 0 Å². The fraction of sp³-hybridized carbons (Fsp3) is 0.300. The number of benzene rings is 1. The van der Waals surface area contributed by atoms with Gasteiger partial charge in [0.1, 0.15) is 5.82 Å². The lowest BCUT2D eigenvalue weighted by molar-refractivity contribution is 0.0696. The Balaban J connectivity index is 3.32. The van der Waals surface area contributed by atoms with Gasteiger partial charge in [0.25, 0.3) is 0 Å². The van der Waals surface area contributed by atoms with Gasteiger partial charge in [0, 0.05) is 6.04 Å². The first-order valence-electron chi connectivity index (χ1n) is 5.04. The molecule has 0 aliphatic heterocycles. The summed E-state index contributed by atoms with van der Waals surface area (Å²) in [6.07, 6.45) is 0. The molecule has 0 amide bonds. The van der Waals surface area contributed by atoms with Gasteiger partial charge in [0.15, 0.2) is 0 Å². The molecule has 0 radical (unpaired) electrons. The number of carbonyl (C=O) groups is 1. The first kappa shape index (κ1) is 15.8. The van der Waals surface area contributed by atoms with E-state index in [4.69, 9.17) is 21.8 Å². The van der Waals surface area contributed by atoms with Gasteiger partial charge in [-0.15, -0.1) is 0 Å². The second-order valence-corrected chi connectivity index (χ2v) is 5.87. The molecule has 19 heavy (non-hydrogen) atoms. The topological polar surface area (TPSA) is 104 Å². The Hall–Kier alpha value is -1.22. The molecular weight excluding hydrogens is 301 g/mol. The van der Waals surface area contributed by atoms with Crippen molar-refractivity contribution in [1.29, 1.82) is 0 Å². The quantitative estimate of drug-likeness (QED) is 0.747. The minimum Gasteiger partial charge on any atom is -0.478 e. The molecule has 9 heteroatoms. The largest absolute Gasteiger partial charge is 0.478 e. The summed E-state index contributed by atoms with van der Waals surface area (Å²) >= 11 is 5.43.